The molecule has 1 aromatic rings. The quantitative estimate of drug-likeness (QED) is 0.728. The van der Waals surface area contributed by atoms with Crippen molar-refractivity contribution in [2.75, 3.05) is 0 Å². The van der Waals surface area contributed by atoms with E-state index in [-0.39, 0.29) is 0 Å². The summed E-state index contributed by atoms with van der Waals surface area (Å²) in [6, 6.07) is 6.46. The maximum atomic E-state index is 5.92. The molecule has 0 spiro atoms. The van der Waals surface area contributed by atoms with Gasteiger partial charge in [-0.2, -0.15) is 0 Å². The van der Waals surface area contributed by atoms with Gasteiger partial charge in [0.15, 0.2) is 0 Å². The molecule has 0 aromatic heterocycles. The Morgan fingerprint density at radius 1 is 1.20 bits per heavy atom. The van der Waals surface area contributed by atoms with Crippen LogP contribution in [-0.2, 0) is 11.3 Å². The molecular formula is C14H20O. The summed E-state index contributed by atoms with van der Waals surface area (Å²) in [4.78, 5) is 0. The van der Waals surface area contributed by atoms with Gasteiger partial charge >= 0.3 is 0 Å². The van der Waals surface area contributed by atoms with Gasteiger partial charge in [-0.3, -0.25) is 0 Å². The minimum absolute atomic E-state index is 0.518. The van der Waals surface area contributed by atoms with E-state index in [1.807, 2.05) is 0 Å². The molecule has 2 rings (SSSR count). The second-order valence-electron chi connectivity index (χ2n) is 4.58. The Bertz CT molecular complexity index is 324. The van der Waals surface area contributed by atoms with E-state index in [4.69, 9.17) is 4.74 Å². The first-order valence-electron chi connectivity index (χ1n) is 5.94. The lowest BCUT2D eigenvalue weighted by Gasteiger charge is -2.13. The van der Waals surface area contributed by atoms with E-state index in [9.17, 15) is 0 Å². The predicted octanol–water partition coefficient (Wildman–Crippen LogP) is 3.76. The van der Waals surface area contributed by atoms with Crippen molar-refractivity contribution in [1.82, 2.24) is 0 Å². The largest absolute Gasteiger partial charge is 0.374 e. The van der Waals surface area contributed by atoms with E-state index in [0.717, 1.165) is 6.61 Å². The van der Waals surface area contributed by atoms with Crippen LogP contribution < -0.4 is 0 Å². The van der Waals surface area contributed by atoms with E-state index in [1.54, 1.807) is 0 Å². The molecule has 1 nitrogen and oxygen atoms in total. The van der Waals surface area contributed by atoms with Crippen molar-refractivity contribution >= 4 is 0 Å². The fraction of sp³-hybridized carbons (Fsp3) is 0.571. The highest BCUT2D eigenvalue weighted by atomic mass is 16.5. The van der Waals surface area contributed by atoms with Crippen molar-refractivity contribution < 1.29 is 4.74 Å². The molecule has 0 bridgehead atoms. The van der Waals surface area contributed by atoms with Crippen molar-refractivity contribution in [2.45, 2.75) is 52.2 Å². The molecule has 1 saturated carbocycles. The predicted molar refractivity (Wildman–Crippen MR) is 63.0 cm³/mol. The molecule has 82 valence electrons. The summed E-state index contributed by atoms with van der Waals surface area (Å²) in [5, 5.41) is 0. The maximum absolute atomic E-state index is 5.92. The van der Waals surface area contributed by atoms with Gasteiger partial charge in [0.1, 0.15) is 0 Å². The van der Waals surface area contributed by atoms with Crippen molar-refractivity contribution in [1.29, 1.82) is 0 Å². The summed E-state index contributed by atoms with van der Waals surface area (Å²) in [6.45, 7) is 5.13. The molecule has 1 aliphatic rings. The van der Waals surface area contributed by atoms with Crippen LogP contribution in [0.4, 0.5) is 0 Å². The normalized spacial score (nSPS) is 17.2. The minimum atomic E-state index is 0.518. The van der Waals surface area contributed by atoms with Gasteiger partial charge in [0.05, 0.1) is 12.7 Å². The molecule has 1 aromatic carbocycles. The third-order valence-electron chi connectivity index (χ3n) is 3.49. The molecule has 15 heavy (non-hydrogen) atoms. The van der Waals surface area contributed by atoms with Gasteiger partial charge in [-0.1, -0.05) is 31.0 Å². The summed E-state index contributed by atoms with van der Waals surface area (Å²) >= 11 is 0. The van der Waals surface area contributed by atoms with Crippen LogP contribution >= 0.6 is 0 Å². The van der Waals surface area contributed by atoms with Crippen LogP contribution in [-0.4, -0.2) is 6.10 Å². The first-order valence-corrected chi connectivity index (χ1v) is 5.94. The average Bonchev–Trinajstić information content (AvgIpc) is 2.73. The SMILES string of the molecule is Cc1cccc(COC2CCCC2)c1C. The Kier molecular flexibility index (Phi) is 3.42. The molecule has 0 saturated heterocycles. The zero-order valence-electron chi connectivity index (χ0n) is 9.75. The van der Waals surface area contributed by atoms with E-state index in [1.165, 1.54) is 42.4 Å². The molecule has 0 atom stereocenters. The highest BCUT2D eigenvalue weighted by Crippen LogP contribution is 2.23. The molecule has 0 unspecified atom stereocenters. The zero-order valence-corrected chi connectivity index (χ0v) is 9.75. The highest BCUT2D eigenvalue weighted by molar-refractivity contribution is 5.32. The van der Waals surface area contributed by atoms with Gasteiger partial charge in [0.2, 0.25) is 0 Å². The fourth-order valence-electron chi connectivity index (χ4n) is 2.23. The molecule has 1 aliphatic carbocycles. The summed E-state index contributed by atoms with van der Waals surface area (Å²) in [6.07, 6.45) is 5.72. The number of rotatable bonds is 3. The molecule has 0 aliphatic heterocycles. The summed E-state index contributed by atoms with van der Waals surface area (Å²) < 4.78 is 5.92. The van der Waals surface area contributed by atoms with Crippen molar-refractivity contribution in [3.63, 3.8) is 0 Å². The molecular weight excluding hydrogens is 184 g/mol. The molecule has 0 radical (unpaired) electrons. The van der Waals surface area contributed by atoms with Gasteiger partial charge in [-0.05, 0) is 43.4 Å². The van der Waals surface area contributed by atoms with Crippen LogP contribution in [0.2, 0.25) is 0 Å². The van der Waals surface area contributed by atoms with E-state index in [0.29, 0.717) is 6.10 Å². The molecule has 1 heteroatoms. The van der Waals surface area contributed by atoms with Gasteiger partial charge in [0, 0.05) is 0 Å². The lowest BCUT2D eigenvalue weighted by molar-refractivity contribution is 0.0454. The molecule has 0 heterocycles. The second kappa shape index (κ2) is 4.80. The third kappa shape index (κ3) is 2.60. The van der Waals surface area contributed by atoms with Gasteiger partial charge in [-0.15, -0.1) is 0 Å². The molecule has 0 amide bonds. The number of hydrogen-bond acceptors (Lipinski definition) is 1. The third-order valence-corrected chi connectivity index (χ3v) is 3.49. The van der Waals surface area contributed by atoms with E-state index >= 15 is 0 Å². The van der Waals surface area contributed by atoms with Crippen LogP contribution in [0.15, 0.2) is 18.2 Å². The number of ether oxygens (including phenoxy) is 1. The second-order valence-corrected chi connectivity index (χ2v) is 4.58. The Labute approximate surface area is 92.5 Å². The van der Waals surface area contributed by atoms with Crippen LogP contribution in [0.5, 0.6) is 0 Å². The Morgan fingerprint density at radius 2 is 1.93 bits per heavy atom. The van der Waals surface area contributed by atoms with Crippen molar-refractivity contribution in [3.8, 4) is 0 Å². The van der Waals surface area contributed by atoms with Crippen LogP contribution in [0.1, 0.15) is 42.4 Å². The number of hydrogen-bond donors (Lipinski definition) is 0. The monoisotopic (exact) mass is 204 g/mol. The van der Waals surface area contributed by atoms with Gasteiger partial charge < -0.3 is 4.74 Å². The van der Waals surface area contributed by atoms with Crippen molar-refractivity contribution in [3.05, 3.63) is 34.9 Å². The van der Waals surface area contributed by atoms with E-state index in [2.05, 4.69) is 32.0 Å². The smallest absolute Gasteiger partial charge is 0.0723 e. The molecule has 1 fully saturated rings. The Balaban J connectivity index is 1.95. The fourth-order valence-corrected chi connectivity index (χ4v) is 2.23. The topological polar surface area (TPSA) is 9.23 Å². The molecule has 0 N–H and O–H groups in total. The van der Waals surface area contributed by atoms with Crippen LogP contribution in [0.25, 0.3) is 0 Å². The number of benzene rings is 1. The van der Waals surface area contributed by atoms with Crippen molar-refractivity contribution in [2.24, 2.45) is 0 Å². The summed E-state index contributed by atoms with van der Waals surface area (Å²) in [5.41, 5.74) is 4.10. The standard InChI is InChI=1S/C14H20O/c1-11-6-5-7-13(12(11)2)10-15-14-8-3-4-9-14/h5-7,14H,3-4,8-10H2,1-2H3. The lowest BCUT2D eigenvalue weighted by atomic mass is 10.0. The lowest BCUT2D eigenvalue weighted by Crippen LogP contribution is -2.08. The zero-order chi connectivity index (χ0) is 10.7. The minimum Gasteiger partial charge on any atom is -0.374 e. The van der Waals surface area contributed by atoms with E-state index < -0.39 is 0 Å². The summed E-state index contributed by atoms with van der Waals surface area (Å²) in [7, 11) is 0. The Morgan fingerprint density at radius 3 is 2.67 bits per heavy atom. The summed E-state index contributed by atoms with van der Waals surface area (Å²) in [5.74, 6) is 0. The Hall–Kier alpha value is -0.820. The van der Waals surface area contributed by atoms with Gasteiger partial charge in [0.25, 0.3) is 0 Å². The first-order chi connectivity index (χ1) is 7.27. The highest BCUT2D eigenvalue weighted by Gasteiger charge is 2.15. The van der Waals surface area contributed by atoms with Gasteiger partial charge in [-0.25, -0.2) is 0 Å². The average molecular weight is 204 g/mol. The van der Waals surface area contributed by atoms with Crippen LogP contribution in [0.3, 0.4) is 0 Å². The number of aryl methyl sites for hydroxylation is 1. The maximum Gasteiger partial charge on any atom is 0.0723 e. The van der Waals surface area contributed by atoms with Crippen LogP contribution in [0, 0.1) is 13.8 Å². The first kappa shape index (κ1) is 10.7.